The maximum atomic E-state index is 5.75. The summed E-state index contributed by atoms with van der Waals surface area (Å²) in [4.78, 5) is 8.29. The van der Waals surface area contributed by atoms with Crippen molar-refractivity contribution in [3.05, 3.63) is 41.7 Å². The van der Waals surface area contributed by atoms with Crippen molar-refractivity contribution >= 4 is 5.82 Å². The van der Waals surface area contributed by atoms with Gasteiger partial charge in [0.1, 0.15) is 12.1 Å². The van der Waals surface area contributed by atoms with Gasteiger partial charge in [0.2, 0.25) is 0 Å². The van der Waals surface area contributed by atoms with Gasteiger partial charge in [-0.1, -0.05) is 45.9 Å². The van der Waals surface area contributed by atoms with E-state index in [1.54, 1.807) is 0 Å². The molecule has 0 aliphatic rings. The van der Waals surface area contributed by atoms with Crippen LogP contribution in [0.25, 0.3) is 11.3 Å². The molecule has 3 nitrogen and oxygen atoms in total. The Balaban J connectivity index is 2.57. The van der Waals surface area contributed by atoms with Gasteiger partial charge in [-0.15, -0.1) is 0 Å². The average molecular weight is 255 g/mol. The molecule has 0 bridgehead atoms. The van der Waals surface area contributed by atoms with Crippen molar-refractivity contribution in [2.45, 2.75) is 39.5 Å². The molecule has 3 heteroatoms. The molecule has 0 fully saturated rings. The molecule has 19 heavy (non-hydrogen) atoms. The minimum absolute atomic E-state index is 0.449. The summed E-state index contributed by atoms with van der Waals surface area (Å²) in [5.41, 5.74) is 10.5. The third-order valence-corrected chi connectivity index (χ3v) is 3.33. The van der Waals surface area contributed by atoms with E-state index in [9.17, 15) is 0 Å². The standard InChI is InChI=1S/C16H21N3/c1-10(2)12-5-6-13(14(7-12)11(3)4)15-8-16(17)19-9-18-15/h5-11H,1-4H3,(H2,17,18,19). The predicted molar refractivity (Wildman–Crippen MR) is 80.1 cm³/mol. The van der Waals surface area contributed by atoms with E-state index >= 15 is 0 Å². The van der Waals surface area contributed by atoms with E-state index in [2.05, 4.69) is 55.9 Å². The Kier molecular flexibility index (Phi) is 3.84. The molecule has 1 heterocycles. The van der Waals surface area contributed by atoms with E-state index in [1.807, 2.05) is 6.07 Å². The summed E-state index contributed by atoms with van der Waals surface area (Å²) in [6, 6.07) is 8.43. The molecule has 0 amide bonds. The highest BCUT2D eigenvalue weighted by atomic mass is 14.9. The lowest BCUT2D eigenvalue weighted by Gasteiger charge is -2.16. The van der Waals surface area contributed by atoms with Crippen LogP contribution in [-0.2, 0) is 0 Å². The van der Waals surface area contributed by atoms with Crippen LogP contribution >= 0.6 is 0 Å². The van der Waals surface area contributed by atoms with Crippen LogP contribution in [0.1, 0.15) is 50.7 Å². The van der Waals surface area contributed by atoms with Gasteiger partial charge in [-0.05, 0) is 23.0 Å². The lowest BCUT2D eigenvalue weighted by Crippen LogP contribution is -1.99. The van der Waals surface area contributed by atoms with Crippen molar-refractivity contribution in [3.8, 4) is 11.3 Å². The Morgan fingerprint density at radius 3 is 2.26 bits per heavy atom. The molecule has 0 saturated carbocycles. The first-order valence-electron chi connectivity index (χ1n) is 6.70. The summed E-state index contributed by atoms with van der Waals surface area (Å²) >= 11 is 0. The first-order chi connectivity index (χ1) is 8.99. The third kappa shape index (κ3) is 2.92. The van der Waals surface area contributed by atoms with Crippen molar-refractivity contribution in [1.29, 1.82) is 0 Å². The number of hydrogen-bond acceptors (Lipinski definition) is 3. The van der Waals surface area contributed by atoms with E-state index in [0.29, 0.717) is 17.7 Å². The Hall–Kier alpha value is -1.90. The van der Waals surface area contributed by atoms with Gasteiger partial charge in [-0.3, -0.25) is 0 Å². The van der Waals surface area contributed by atoms with Gasteiger partial charge in [-0.2, -0.15) is 0 Å². The largest absolute Gasteiger partial charge is 0.384 e. The highest BCUT2D eigenvalue weighted by Crippen LogP contribution is 2.31. The number of nitrogens with zero attached hydrogens (tertiary/aromatic N) is 2. The molecule has 0 atom stereocenters. The van der Waals surface area contributed by atoms with Gasteiger partial charge in [0.15, 0.2) is 0 Å². The number of rotatable bonds is 3. The highest BCUT2D eigenvalue weighted by molar-refractivity contribution is 5.67. The molecule has 100 valence electrons. The molecular formula is C16H21N3. The number of nitrogen functional groups attached to an aromatic ring is 1. The molecule has 0 aliphatic carbocycles. The molecular weight excluding hydrogens is 234 g/mol. The number of benzene rings is 1. The quantitative estimate of drug-likeness (QED) is 0.902. The van der Waals surface area contributed by atoms with Crippen LogP contribution in [0.4, 0.5) is 5.82 Å². The molecule has 1 aromatic carbocycles. The summed E-state index contributed by atoms with van der Waals surface area (Å²) in [5, 5.41) is 0. The highest BCUT2D eigenvalue weighted by Gasteiger charge is 2.12. The number of nitrogens with two attached hydrogens (primary N) is 1. The predicted octanol–water partition coefficient (Wildman–Crippen LogP) is 3.97. The Labute approximate surface area is 114 Å². The monoisotopic (exact) mass is 255 g/mol. The van der Waals surface area contributed by atoms with Gasteiger partial charge >= 0.3 is 0 Å². The zero-order chi connectivity index (χ0) is 14.0. The fourth-order valence-corrected chi connectivity index (χ4v) is 2.17. The average Bonchev–Trinajstić information content (AvgIpc) is 2.37. The fraction of sp³-hybridized carbons (Fsp3) is 0.375. The summed E-state index contributed by atoms with van der Waals surface area (Å²) in [7, 11) is 0. The minimum Gasteiger partial charge on any atom is -0.384 e. The minimum atomic E-state index is 0.449. The van der Waals surface area contributed by atoms with Crippen molar-refractivity contribution in [2.75, 3.05) is 5.73 Å². The normalized spacial score (nSPS) is 11.3. The Morgan fingerprint density at radius 2 is 1.68 bits per heavy atom. The van der Waals surface area contributed by atoms with E-state index in [0.717, 1.165) is 11.3 Å². The molecule has 0 aliphatic heterocycles. The van der Waals surface area contributed by atoms with Crippen LogP contribution < -0.4 is 5.73 Å². The van der Waals surface area contributed by atoms with E-state index in [-0.39, 0.29) is 0 Å². The molecule has 0 saturated heterocycles. The van der Waals surface area contributed by atoms with Gasteiger partial charge < -0.3 is 5.73 Å². The summed E-state index contributed by atoms with van der Waals surface area (Å²) in [6.45, 7) is 8.82. The number of anilines is 1. The molecule has 1 aromatic heterocycles. The SMILES string of the molecule is CC(C)c1ccc(-c2cc(N)ncn2)c(C(C)C)c1. The molecule has 0 radical (unpaired) electrons. The first kappa shape index (κ1) is 13.5. The van der Waals surface area contributed by atoms with Crippen LogP contribution in [0.15, 0.2) is 30.6 Å². The maximum absolute atomic E-state index is 5.75. The fourth-order valence-electron chi connectivity index (χ4n) is 2.17. The zero-order valence-electron chi connectivity index (χ0n) is 12.0. The van der Waals surface area contributed by atoms with Crippen molar-refractivity contribution in [2.24, 2.45) is 0 Å². The second-order valence-corrected chi connectivity index (χ2v) is 5.48. The van der Waals surface area contributed by atoms with Crippen molar-refractivity contribution < 1.29 is 0 Å². The van der Waals surface area contributed by atoms with Gasteiger partial charge in [0.25, 0.3) is 0 Å². The maximum Gasteiger partial charge on any atom is 0.127 e. The Bertz CT molecular complexity index is 574. The molecule has 2 aromatic rings. The number of aromatic nitrogens is 2. The van der Waals surface area contributed by atoms with Crippen molar-refractivity contribution in [3.63, 3.8) is 0 Å². The number of hydrogen-bond donors (Lipinski definition) is 1. The smallest absolute Gasteiger partial charge is 0.127 e. The second-order valence-electron chi connectivity index (χ2n) is 5.48. The van der Waals surface area contributed by atoms with Gasteiger partial charge in [0.05, 0.1) is 5.69 Å². The van der Waals surface area contributed by atoms with E-state index in [1.165, 1.54) is 17.5 Å². The third-order valence-electron chi connectivity index (χ3n) is 3.33. The van der Waals surface area contributed by atoms with Crippen LogP contribution in [0.3, 0.4) is 0 Å². The lowest BCUT2D eigenvalue weighted by molar-refractivity contribution is 0.835. The van der Waals surface area contributed by atoms with Gasteiger partial charge in [0, 0.05) is 11.6 Å². The van der Waals surface area contributed by atoms with Crippen LogP contribution in [-0.4, -0.2) is 9.97 Å². The van der Waals surface area contributed by atoms with E-state index < -0.39 is 0 Å². The molecule has 2 N–H and O–H groups in total. The first-order valence-corrected chi connectivity index (χ1v) is 6.70. The van der Waals surface area contributed by atoms with E-state index in [4.69, 9.17) is 5.73 Å². The summed E-state index contributed by atoms with van der Waals surface area (Å²) < 4.78 is 0. The van der Waals surface area contributed by atoms with Crippen molar-refractivity contribution in [1.82, 2.24) is 9.97 Å². The molecule has 2 rings (SSSR count). The van der Waals surface area contributed by atoms with Gasteiger partial charge in [-0.25, -0.2) is 9.97 Å². The Morgan fingerprint density at radius 1 is 0.947 bits per heavy atom. The summed E-state index contributed by atoms with van der Waals surface area (Å²) in [6.07, 6.45) is 1.52. The lowest BCUT2D eigenvalue weighted by atomic mass is 9.90. The van der Waals surface area contributed by atoms with Crippen LogP contribution in [0.5, 0.6) is 0 Å². The molecule has 0 unspecified atom stereocenters. The topological polar surface area (TPSA) is 51.8 Å². The molecule has 0 spiro atoms. The van der Waals surface area contributed by atoms with Crippen LogP contribution in [0, 0.1) is 0 Å². The van der Waals surface area contributed by atoms with Crippen LogP contribution in [0.2, 0.25) is 0 Å². The summed E-state index contributed by atoms with van der Waals surface area (Å²) in [5.74, 6) is 1.49. The zero-order valence-corrected chi connectivity index (χ0v) is 12.0. The second kappa shape index (κ2) is 5.39.